The van der Waals surface area contributed by atoms with Gasteiger partial charge in [0.25, 0.3) is 0 Å². The summed E-state index contributed by atoms with van der Waals surface area (Å²) in [6.07, 6.45) is -2.05. The number of Topliss-reactive ketones (excluding diaryl/α,β-unsaturated/α-hetero) is 2. The molecule has 1 unspecified atom stereocenters. The molecule has 0 saturated heterocycles. The van der Waals surface area contributed by atoms with E-state index in [0.29, 0.717) is 4.47 Å². The second-order valence-corrected chi connectivity index (χ2v) is 4.94. The third-order valence-corrected chi connectivity index (χ3v) is 3.21. The smallest absolute Gasteiger partial charge is 0.220 e. The standard InChI is InChI=1S/C11H9Br2FO2/c1-2-9(15)10(14)11(16)7-4-3-6(12)5-8(7)13/h3-5,10H,2H2,1H3. The quantitative estimate of drug-likeness (QED) is 0.612. The summed E-state index contributed by atoms with van der Waals surface area (Å²) in [5.41, 5.74) is 0.178. The number of ketones is 2. The lowest BCUT2D eigenvalue weighted by atomic mass is 10.0. The second-order valence-electron chi connectivity index (χ2n) is 3.17. The van der Waals surface area contributed by atoms with Crippen LogP contribution in [0.5, 0.6) is 0 Å². The number of alkyl halides is 1. The van der Waals surface area contributed by atoms with Crippen LogP contribution in [-0.2, 0) is 4.79 Å². The highest BCUT2D eigenvalue weighted by atomic mass is 79.9. The molecule has 5 heteroatoms. The van der Waals surface area contributed by atoms with Gasteiger partial charge in [-0.25, -0.2) is 4.39 Å². The average Bonchev–Trinajstić information content (AvgIpc) is 2.26. The van der Waals surface area contributed by atoms with Crippen LogP contribution < -0.4 is 0 Å². The Morgan fingerprint density at radius 2 is 2.00 bits per heavy atom. The Bertz CT molecular complexity index is 432. The molecule has 0 aromatic heterocycles. The Labute approximate surface area is 109 Å². The molecule has 0 N–H and O–H groups in total. The molecule has 1 aromatic rings. The predicted octanol–water partition coefficient (Wildman–Crippen LogP) is 3.71. The van der Waals surface area contributed by atoms with Gasteiger partial charge >= 0.3 is 0 Å². The largest absolute Gasteiger partial charge is 0.296 e. The maximum Gasteiger partial charge on any atom is 0.220 e. The van der Waals surface area contributed by atoms with E-state index in [1.54, 1.807) is 12.1 Å². The van der Waals surface area contributed by atoms with E-state index in [0.717, 1.165) is 4.47 Å². The van der Waals surface area contributed by atoms with Gasteiger partial charge < -0.3 is 0 Å². The lowest BCUT2D eigenvalue weighted by Crippen LogP contribution is -2.25. The van der Waals surface area contributed by atoms with E-state index in [-0.39, 0.29) is 12.0 Å². The van der Waals surface area contributed by atoms with Crippen molar-refractivity contribution < 1.29 is 14.0 Å². The van der Waals surface area contributed by atoms with Crippen LogP contribution in [0.4, 0.5) is 4.39 Å². The lowest BCUT2D eigenvalue weighted by Gasteiger charge is -2.07. The number of benzene rings is 1. The van der Waals surface area contributed by atoms with Crippen molar-refractivity contribution in [2.24, 2.45) is 0 Å². The molecule has 0 radical (unpaired) electrons. The topological polar surface area (TPSA) is 34.1 Å². The molecule has 0 aliphatic rings. The third kappa shape index (κ3) is 2.98. The van der Waals surface area contributed by atoms with Crippen LogP contribution in [0.25, 0.3) is 0 Å². The van der Waals surface area contributed by atoms with Crippen LogP contribution in [-0.4, -0.2) is 17.7 Å². The Morgan fingerprint density at radius 1 is 1.38 bits per heavy atom. The van der Waals surface area contributed by atoms with Crippen molar-refractivity contribution in [1.29, 1.82) is 0 Å². The highest BCUT2D eigenvalue weighted by Crippen LogP contribution is 2.24. The predicted molar refractivity (Wildman–Crippen MR) is 66.4 cm³/mol. The molecular formula is C11H9Br2FO2. The molecule has 0 aliphatic carbocycles. The fraction of sp³-hybridized carbons (Fsp3) is 0.273. The third-order valence-electron chi connectivity index (χ3n) is 2.06. The van der Waals surface area contributed by atoms with Gasteiger partial charge in [-0.3, -0.25) is 9.59 Å². The summed E-state index contributed by atoms with van der Waals surface area (Å²) in [6, 6.07) is 4.74. The fourth-order valence-corrected chi connectivity index (χ4v) is 2.39. The second kappa shape index (κ2) is 5.68. The van der Waals surface area contributed by atoms with Gasteiger partial charge in [0.15, 0.2) is 5.78 Å². The molecule has 1 aromatic carbocycles. The molecule has 0 bridgehead atoms. The number of rotatable bonds is 4. The minimum Gasteiger partial charge on any atom is -0.296 e. The summed E-state index contributed by atoms with van der Waals surface area (Å²) in [5.74, 6) is -1.49. The first-order chi connectivity index (χ1) is 7.47. The summed E-state index contributed by atoms with van der Waals surface area (Å²) >= 11 is 6.38. The van der Waals surface area contributed by atoms with Crippen LogP contribution in [0, 0.1) is 0 Å². The summed E-state index contributed by atoms with van der Waals surface area (Å²) in [4.78, 5) is 22.7. The number of carbonyl (C=O) groups excluding carboxylic acids is 2. The molecule has 0 amide bonds. The van der Waals surface area contributed by atoms with Crippen LogP contribution in [0.2, 0.25) is 0 Å². The molecule has 16 heavy (non-hydrogen) atoms. The summed E-state index contributed by atoms with van der Waals surface area (Å²) in [5, 5.41) is 0. The van der Waals surface area contributed by atoms with Gasteiger partial charge in [-0.15, -0.1) is 0 Å². The van der Waals surface area contributed by atoms with Gasteiger partial charge in [0, 0.05) is 20.9 Å². The molecule has 0 spiro atoms. The average molecular weight is 352 g/mol. The monoisotopic (exact) mass is 350 g/mol. The molecule has 2 nitrogen and oxygen atoms in total. The molecular weight excluding hydrogens is 343 g/mol. The Balaban J connectivity index is 3.01. The van der Waals surface area contributed by atoms with Crippen molar-refractivity contribution in [3.63, 3.8) is 0 Å². The highest BCUT2D eigenvalue weighted by Gasteiger charge is 2.26. The van der Waals surface area contributed by atoms with Crippen molar-refractivity contribution >= 4 is 43.4 Å². The first-order valence-electron chi connectivity index (χ1n) is 4.63. The molecule has 1 rings (SSSR count). The van der Waals surface area contributed by atoms with Crippen molar-refractivity contribution in [1.82, 2.24) is 0 Å². The van der Waals surface area contributed by atoms with Gasteiger partial charge in [-0.1, -0.05) is 38.8 Å². The summed E-state index contributed by atoms with van der Waals surface area (Å²) < 4.78 is 14.7. The van der Waals surface area contributed by atoms with E-state index in [2.05, 4.69) is 31.9 Å². The van der Waals surface area contributed by atoms with E-state index >= 15 is 0 Å². The minimum absolute atomic E-state index is 0.0149. The zero-order valence-corrected chi connectivity index (χ0v) is 11.6. The minimum atomic E-state index is -2.07. The van der Waals surface area contributed by atoms with E-state index in [1.165, 1.54) is 13.0 Å². The summed E-state index contributed by atoms with van der Waals surface area (Å²) in [6.45, 7) is 1.53. The van der Waals surface area contributed by atoms with Gasteiger partial charge in [-0.05, 0) is 18.2 Å². The molecule has 0 heterocycles. The number of hydrogen-bond donors (Lipinski definition) is 0. The zero-order valence-electron chi connectivity index (χ0n) is 8.47. The van der Waals surface area contributed by atoms with Crippen LogP contribution in [0.15, 0.2) is 27.1 Å². The lowest BCUT2D eigenvalue weighted by molar-refractivity contribution is -0.121. The summed E-state index contributed by atoms with van der Waals surface area (Å²) in [7, 11) is 0. The van der Waals surface area contributed by atoms with Crippen molar-refractivity contribution in [2.75, 3.05) is 0 Å². The molecule has 1 atom stereocenters. The van der Waals surface area contributed by atoms with Crippen molar-refractivity contribution in [2.45, 2.75) is 19.5 Å². The number of halogens is 3. The highest BCUT2D eigenvalue weighted by molar-refractivity contribution is 9.11. The Hall–Kier alpha value is -0.550. The SMILES string of the molecule is CCC(=O)C(F)C(=O)c1ccc(Br)cc1Br. The Kier molecular flexibility index (Phi) is 4.80. The van der Waals surface area contributed by atoms with E-state index in [1.807, 2.05) is 0 Å². The molecule has 0 fully saturated rings. The fourth-order valence-electron chi connectivity index (χ4n) is 1.15. The van der Waals surface area contributed by atoms with Crippen LogP contribution >= 0.6 is 31.9 Å². The van der Waals surface area contributed by atoms with E-state index in [4.69, 9.17) is 0 Å². The molecule has 86 valence electrons. The first-order valence-corrected chi connectivity index (χ1v) is 6.22. The normalized spacial score (nSPS) is 12.2. The van der Waals surface area contributed by atoms with Crippen LogP contribution in [0.1, 0.15) is 23.7 Å². The van der Waals surface area contributed by atoms with Gasteiger partial charge in [0.1, 0.15) is 0 Å². The van der Waals surface area contributed by atoms with Gasteiger partial charge in [0.2, 0.25) is 12.0 Å². The van der Waals surface area contributed by atoms with E-state index < -0.39 is 17.7 Å². The number of carbonyl (C=O) groups is 2. The van der Waals surface area contributed by atoms with Crippen molar-refractivity contribution in [3.05, 3.63) is 32.7 Å². The molecule has 0 aliphatic heterocycles. The molecule has 0 saturated carbocycles. The maximum absolute atomic E-state index is 13.4. The maximum atomic E-state index is 13.4. The zero-order chi connectivity index (χ0) is 12.3. The van der Waals surface area contributed by atoms with Gasteiger partial charge in [-0.2, -0.15) is 0 Å². The van der Waals surface area contributed by atoms with Crippen molar-refractivity contribution in [3.8, 4) is 0 Å². The van der Waals surface area contributed by atoms with Gasteiger partial charge in [0.05, 0.1) is 0 Å². The van der Waals surface area contributed by atoms with E-state index in [9.17, 15) is 14.0 Å². The Morgan fingerprint density at radius 3 is 2.50 bits per heavy atom. The van der Waals surface area contributed by atoms with Crippen LogP contribution in [0.3, 0.4) is 0 Å². The first kappa shape index (κ1) is 13.5. The number of hydrogen-bond acceptors (Lipinski definition) is 2.